The lowest BCUT2D eigenvalue weighted by molar-refractivity contribution is -0.117. The molecule has 1 aromatic heterocycles. The van der Waals surface area contributed by atoms with E-state index in [0.29, 0.717) is 19.5 Å². The van der Waals surface area contributed by atoms with Crippen molar-refractivity contribution in [3.05, 3.63) is 53.5 Å². The molecule has 2 amide bonds. The molecule has 7 nitrogen and oxygen atoms in total. The van der Waals surface area contributed by atoms with Crippen molar-refractivity contribution in [2.24, 2.45) is 0 Å². The van der Waals surface area contributed by atoms with Crippen LogP contribution in [0.5, 0.6) is 0 Å². The van der Waals surface area contributed by atoms with Gasteiger partial charge in [0.25, 0.3) is 5.91 Å². The fraction of sp³-hybridized carbons (Fsp3) is 0.478. The van der Waals surface area contributed by atoms with Gasteiger partial charge in [-0.1, -0.05) is 25.1 Å². The van der Waals surface area contributed by atoms with Crippen LogP contribution in [0, 0.1) is 0 Å². The van der Waals surface area contributed by atoms with Crippen LogP contribution < -0.4 is 10.2 Å². The van der Waals surface area contributed by atoms with Crippen molar-refractivity contribution in [2.75, 3.05) is 44.2 Å². The van der Waals surface area contributed by atoms with Gasteiger partial charge in [-0.25, -0.2) is 0 Å². The maximum Gasteiger partial charge on any atom is 0.287 e. The third kappa shape index (κ3) is 4.27. The van der Waals surface area contributed by atoms with Gasteiger partial charge in [0.15, 0.2) is 5.76 Å². The molecule has 0 radical (unpaired) electrons. The molecule has 30 heavy (non-hydrogen) atoms. The number of nitrogens with zero attached hydrogens (tertiary/aromatic N) is 3. The Hall–Kier alpha value is -2.64. The third-order valence-electron chi connectivity index (χ3n) is 6.24. The SMILES string of the molecule is CCN1CCN(C(C)CNC(=O)c2occc2CN2C(=O)Cc3ccccc32)CC1. The summed E-state index contributed by atoms with van der Waals surface area (Å²) in [7, 11) is 0. The fourth-order valence-electron chi connectivity index (χ4n) is 4.29. The summed E-state index contributed by atoms with van der Waals surface area (Å²) in [5, 5.41) is 3.01. The second-order valence-corrected chi connectivity index (χ2v) is 8.09. The molecule has 1 unspecified atom stereocenters. The van der Waals surface area contributed by atoms with Crippen LogP contribution in [0.4, 0.5) is 5.69 Å². The molecule has 0 aliphatic carbocycles. The molecule has 2 aliphatic heterocycles. The molecule has 0 spiro atoms. The van der Waals surface area contributed by atoms with Gasteiger partial charge in [0.05, 0.1) is 19.2 Å². The van der Waals surface area contributed by atoms with Crippen molar-refractivity contribution in [2.45, 2.75) is 32.9 Å². The van der Waals surface area contributed by atoms with Crippen molar-refractivity contribution in [3.63, 3.8) is 0 Å². The Bertz CT molecular complexity index is 901. The van der Waals surface area contributed by atoms with Gasteiger partial charge in [0.2, 0.25) is 5.91 Å². The molecule has 1 N–H and O–H groups in total. The highest BCUT2D eigenvalue weighted by Crippen LogP contribution is 2.30. The Morgan fingerprint density at radius 1 is 1.17 bits per heavy atom. The number of hydrogen-bond acceptors (Lipinski definition) is 5. The first kappa shape index (κ1) is 20.6. The van der Waals surface area contributed by atoms with Crippen LogP contribution in [-0.2, 0) is 17.8 Å². The van der Waals surface area contributed by atoms with Gasteiger partial charge in [0, 0.05) is 50.0 Å². The monoisotopic (exact) mass is 410 g/mol. The second-order valence-electron chi connectivity index (χ2n) is 8.09. The summed E-state index contributed by atoms with van der Waals surface area (Å²) in [5.41, 5.74) is 2.66. The highest BCUT2D eigenvalue weighted by molar-refractivity contribution is 6.01. The van der Waals surface area contributed by atoms with E-state index in [2.05, 4.69) is 29.0 Å². The smallest absolute Gasteiger partial charge is 0.287 e. The minimum Gasteiger partial charge on any atom is -0.459 e. The number of anilines is 1. The van der Waals surface area contributed by atoms with Crippen LogP contribution in [0.3, 0.4) is 0 Å². The number of carbonyl (C=O) groups excluding carboxylic acids is 2. The fourth-order valence-corrected chi connectivity index (χ4v) is 4.29. The van der Waals surface area contributed by atoms with Crippen LogP contribution >= 0.6 is 0 Å². The second kappa shape index (κ2) is 9.02. The number of furan rings is 1. The Morgan fingerprint density at radius 3 is 2.70 bits per heavy atom. The summed E-state index contributed by atoms with van der Waals surface area (Å²) < 4.78 is 5.50. The number of hydrogen-bond donors (Lipinski definition) is 1. The molecule has 3 heterocycles. The number of piperazine rings is 1. The Kier molecular flexibility index (Phi) is 6.20. The number of rotatable bonds is 7. The summed E-state index contributed by atoms with van der Waals surface area (Å²) in [4.78, 5) is 31.8. The summed E-state index contributed by atoms with van der Waals surface area (Å²) >= 11 is 0. The molecule has 0 saturated carbocycles. The molecule has 4 rings (SSSR count). The van der Waals surface area contributed by atoms with Gasteiger partial charge in [0.1, 0.15) is 0 Å². The van der Waals surface area contributed by atoms with Crippen molar-refractivity contribution in [3.8, 4) is 0 Å². The first-order chi connectivity index (χ1) is 14.6. The maximum atomic E-state index is 12.8. The predicted octanol–water partition coefficient (Wildman–Crippen LogP) is 2.12. The Labute approximate surface area is 177 Å². The van der Waals surface area contributed by atoms with E-state index < -0.39 is 0 Å². The molecule has 7 heteroatoms. The third-order valence-corrected chi connectivity index (χ3v) is 6.24. The van der Waals surface area contributed by atoms with E-state index in [1.165, 1.54) is 6.26 Å². The van der Waals surface area contributed by atoms with E-state index in [1.54, 1.807) is 11.0 Å². The van der Waals surface area contributed by atoms with Gasteiger partial charge in [-0.3, -0.25) is 14.5 Å². The summed E-state index contributed by atoms with van der Waals surface area (Å²) in [6.07, 6.45) is 1.92. The highest BCUT2D eigenvalue weighted by Gasteiger charge is 2.29. The molecule has 2 aromatic rings. The minimum atomic E-state index is -0.228. The minimum absolute atomic E-state index is 0.0450. The van der Waals surface area contributed by atoms with Crippen molar-refractivity contribution < 1.29 is 14.0 Å². The Morgan fingerprint density at radius 2 is 1.93 bits per heavy atom. The number of likely N-dealkylation sites (N-methyl/N-ethyl adjacent to an activating group) is 1. The number of carbonyl (C=O) groups is 2. The lowest BCUT2D eigenvalue weighted by atomic mass is 10.1. The van der Waals surface area contributed by atoms with Crippen molar-refractivity contribution in [1.82, 2.24) is 15.1 Å². The summed E-state index contributed by atoms with van der Waals surface area (Å²) in [6.45, 7) is 10.5. The highest BCUT2D eigenvalue weighted by atomic mass is 16.3. The van der Waals surface area contributed by atoms with Crippen LogP contribution in [0.25, 0.3) is 0 Å². The number of para-hydroxylation sites is 1. The van der Waals surface area contributed by atoms with Crippen LogP contribution in [0.15, 0.2) is 41.0 Å². The van der Waals surface area contributed by atoms with E-state index in [1.807, 2.05) is 24.3 Å². The van der Waals surface area contributed by atoms with E-state index in [9.17, 15) is 9.59 Å². The van der Waals surface area contributed by atoms with E-state index in [0.717, 1.165) is 49.5 Å². The summed E-state index contributed by atoms with van der Waals surface area (Å²) in [6, 6.07) is 9.82. The first-order valence-electron chi connectivity index (χ1n) is 10.8. The number of fused-ring (bicyclic) bond motifs is 1. The molecule has 1 atom stereocenters. The molecule has 0 bridgehead atoms. The average Bonchev–Trinajstić information content (AvgIpc) is 3.36. The zero-order valence-corrected chi connectivity index (χ0v) is 17.8. The number of benzene rings is 1. The molecular formula is C23H30N4O3. The standard InChI is InChI=1S/C23H30N4O3/c1-3-25-9-11-26(12-10-25)17(2)15-24-23(29)22-19(8-13-30-22)16-27-20-7-5-4-6-18(20)14-21(27)28/h4-8,13,17H,3,9-12,14-16H2,1-2H3,(H,24,29). The molecular weight excluding hydrogens is 380 g/mol. The summed E-state index contributed by atoms with van der Waals surface area (Å²) in [5.74, 6) is 0.104. The van der Waals surface area contributed by atoms with Crippen LogP contribution in [-0.4, -0.2) is 66.9 Å². The van der Waals surface area contributed by atoms with Crippen LogP contribution in [0.2, 0.25) is 0 Å². The van der Waals surface area contributed by atoms with Gasteiger partial charge < -0.3 is 19.5 Å². The van der Waals surface area contributed by atoms with Gasteiger partial charge in [-0.15, -0.1) is 0 Å². The molecule has 2 aliphatic rings. The van der Waals surface area contributed by atoms with Crippen molar-refractivity contribution >= 4 is 17.5 Å². The molecule has 1 aromatic carbocycles. The molecule has 1 fully saturated rings. The van der Waals surface area contributed by atoms with E-state index in [-0.39, 0.29) is 23.6 Å². The molecule has 160 valence electrons. The lowest BCUT2D eigenvalue weighted by Crippen LogP contribution is -2.52. The van der Waals surface area contributed by atoms with E-state index >= 15 is 0 Å². The number of amides is 2. The zero-order chi connectivity index (χ0) is 21.1. The zero-order valence-electron chi connectivity index (χ0n) is 17.8. The van der Waals surface area contributed by atoms with Gasteiger partial charge in [-0.05, 0) is 31.2 Å². The largest absolute Gasteiger partial charge is 0.459 e. The maximum absolute atomic E-state index is 12.8. The van der Waals surface area contributed by atoms with Gasteiger partial charge >= 0.3 is 0 Å². The molecule has 1 saturated heterocycles. The van der Waals surface area contributed by atoms with Crippen molar-refractivity contribution in [1.29, 1.82) is 0 Å². The normalized spacial score (nSPS) is 18.5. The van der Waals surface area contributed by atoms with Crippen LogP contribution in [0.1, 0.15) is 35.5 Å². The first-order valence-corrected chi connectivity index (χ1v) is 10.8. The lowest BCUT2D eigenvalue weighted by Gasteiger charge is -2.37. The average molecular weight is 411 g/mol. The van der Waals surface area contributed by atoms with Gasteiger partial charge in [-0.2, -0.15) is 0 Å². The number of nitrogens with one attached hydrogen (secondary N) is 1. The van der Waals surface area contributed by atoms with E-state index in [4.69, 9.17) is 4.42 Å². The quantitative estimate of drug-likeness (QED) is 0.757. The Balaban J connectivity index is 1.35. The predicted molar refractivity (Wildman–Crippen MR) is 116 cm³/mol. The topological polar surface area (TPSA) is 69.0 Å².